The van der Waals surface area contributed by atoms with Crippen LogP contribution in [0.15, 0.2) is 57.9 Å². The highest BCUT2D eigenvalue weighted by molar-refractivity contribution is 9.10. The summed E-state index contributed by atoms with van der Waals surface area (Å²) < 4.78 is 0.947. The highest BCUT2D eigenvalue weighted by Crippen LogP contribution is 2.38. The summed E-state index contributed by atoms with van der Waals surface area (Å²) in [4.78, 5) is 25.7. The molecule has 1 aliphatic rings. The van der Waals surface area contributed by atoms with Crippen LogP contribution in [0.5, 0.6) is 0 Å². The maximum Gasteiger partial charge on any atom is 0.238 e. The lowest BCUT2D eigenvalue weighted by Gasteiger charge is -2.27. The van der Waals surface area contributed by atoms with Crippen LogP contribution in [0.2, 0.25) is 0 Å². The Hall–Kier alpha value is -1.79. The molecule has 2 N–H and O–H groups in total. The maximum atomic E-state index is 12.4. The molecular weight excluding hydrogens is 376 g/mol. The molecule has 4 nitrogen and oxygen atoms in total. The second-order valence-corrected chi connectivity index (χ2v) is 7.41. The van der Waals surface area contributed by atoms with Crippen LogP contribution in [0.25, 0.3) is 0 Å². The highest BCUT2D eigenvalue weighted by atomic mass is 79.9. The van der Waals surface area contributed by atoms with Crippen LogP contribution in [-0.4, -0.2) is 17.1 Å². The molecule has 0 aliphatic carbocycles. The quantitative estimate of drug-likeness (QED) is 0.827. The molecule has 2 aromatic carbocycles. The van der Waals surface area contributed by atoms with E-state index in [-0.39, 0.29) is 11.8 Å². The van der Waals surface area contributed by atoms with Gasteiger partial charge in [-0.3, -0.25) is 9.59 Å². The van der Waals surface area contributed by atoms with Gasteiger partial charge in [0.2, 0.25) is 11.8 Å². The van der Waals surface area contributed by atoms with Gasteiger partial charge in [0.25, 0.3) is 0 Å². The zero-order valence-corrected chi connectivity index (χ0v) is 14.8. The van der Waals surface area contributed by atoms with Gasteiger partial charge >= 0.3 is 0 Å². The van der Waals surface area contributed by atoms with Crippen molar-refractivity contribution < 1.29 is 9.59 Å². The first kappa shape index (κ1) is 16.1. The third kappa shape index (κ3) is 3.59. The van der Waals surface area contributed by atoms with Crippen LogP contribution in [0.3, 0.4) is 0 Å². The Labute approximate surface area is 147 Å². The van der Waals surface area contributed by atoms with Gasteiger partial charge in [-0.25, -0.2) is 0 Å². The Morgan fingerprint density at radius 1 is 1.22 bits per heavy atom. The smallest absolute Gasteiger partial charge is 0.238 e. The molecule has 0 fully saturated rings. The van der Waals surface area contributed by atoms with Gasteiger partial charge in [-0.05, 0) is 36.4 Å². The molecule has 6 heteroatoms. The van der Waals surface area contributed by atoms with E-state index in [0.717, 1.165) is 15.1 Å². The lowest BCUT2D eigenvalue weighted by Crippen LogP contribution is -2.39. The van der Waals surface area contributed by atoms with Crippen LogP contribution in [0.4, 0.5) is 11.4 Å². The molecule has 1 heterocycles. The molecule has 2 atom stereocenters. The summed E-state index contributed by atoms with van der Waals surface area (Å²) in [5, 5.41) is 5.28. The number of thioether (sulfide) groups is 1. The third-order valence-corrected chi connectivity index (χ3v) is 5.65. The van der Waals surface area contributed by atoms with Gasteiger partial charge < -0.3 is 10.6 Å². The molecule has 23 heavy (non-hydrogen) atoms. The van der Waals surface area contributed by atoms with Crippen LogP contribution in [0.1, 0.15) is 6.92 Å². The van der Waals surface area contributed by atoms with E-state index >= 15 is 0 Å². The van der Waals surface area contributed by atoms with Crippen molar-refractivity contribution in [3.8, 4) is 0 Å². The number of nitrogens with one attached hydrogen (secondary N) is 2. The maximum absolute atomic E-state index is 12.4. The van der Waals surface area contributed by atoms with Gasteiger partial charge in [0.15, 0.2) is 0 Å². The van der Waals surface area contributed by atoms with Crippen LogP contribution in [0, 0.1) is 5.92 Å². The Kier molecular flexibility index (Phi) is 4.73. The Bertz CT molecular complexity index is 749. The zero-order chi connectivity index (χ0) is 16.4. The number of benzene rings is 2. The first-order valence-electron chi connectivity index (χ1n) is 7.17. The monoisotopic (exact) mass is 390 g/mol. The van der Waals surface area contributed by atoms with E-state index in [2.05, 4.69) is 26.6 Å². The van der Waals surface area contributed by atoms with E-state index in [1.54, 1.807) is 6.92 Å². The molecule has 0 unspecified atom stereocenters. The second kappa shape index (κ2) is 6.76. The van der Waals surface area contributed by atoms with E-state index in [1.807, 2.05) is 48.5 Å². The number of hydrogen-bond donors (Lipinski definition) is 2. The van der Waals surface area contributed by atoms with E-state index in [0.29, 0.717) is 5.69 Å². The molecule has 2 amide bonds. The SMILES string of the molecule is C[C@H](C(=O)Nc1ccc(Br)cc1)[C@@H]1Sc2ccccc2NC1=O. The lowest BCUT2D eigenvalue weighted by atomic mass is 10.1. The Balaban J connectivity index is 1.72. The fraction of sp³-hybridized carbons (Fsp3) is 0.176. The number of fused-ring (bicyclic) bond motifs is 1. The molecule has 0 radical (unpaired) electrons. The number of carbonyl (C=O) groups is 2. The average molecular weight is 391 g/mol. The molecule has 118 valence electrons. The minimum atomic E-state index is -0.447. The van der Waals surface area contributed by atoms with Gasteiger partial charge in [0.05, 0.1) is 16.9 Å². The zero-order valence-electron chi connectivity index (χ0n) is 12.4. The van der Waals surface area contributed by atoms with E-state index in [1.165, 1.54) is 11.8 Å². The van der Waals surface area contributed by atoms with Crippen molar-refractivity contribution >= 4 is 50.9 Å². The normalized spacial score (nSPS) is 17.8. The summed E-state index contributed by atoms with van der Waals surface area (Å²) in [6.07, 6.45) is 0. The minimum Gasteiger partial charge on any atom is -0.326 e. The van der Waals surface area contributed by atoms with Crippen molar-refractivity contribution in [2.75, 3.05) is 10.6 Å². The Morgan fingerprint density at radius 2 is 1.91 bits per heavy atom. The van der Waals surface area contributed by atoms with Gasteiger partial charge in [0.1, 0.15) is 0 Å². The molecule has 2 aromatic rings. The highest BCUT2D eigenvalue weighted by Gasteiger charge is 2.35. The number of anilines is 2. The second-order valence-electron chi connectivity index (χ2n) is 5.31. The molecule has 1 aliphatic heterocycles. The van der Waals surface area contributed by atoms with Crippen LogP contribution < -0.4 is 10.6 Å². The average Bonchev–Trinajstić information content (AvgIpc) is 2.55. The molecule has 0 spiro atoms. The Morgan fingerprint density at radius 3 is 2.65 bits per heavy atom. The third-order valence-electron chi connectivity index (χ3n) is 3.64. The summed E-state index contributed by atoms with van der Waals surface area (Å²) in [7, 11) is 0. The number of para-hydroxylation sites is 1. The van der Waals surface area contributed by atoms with Gasteiger partial charge in [-0.2, -0.15) is 0 Å². The molecule has 0 saturated carbocycles. The first-order valence-corrected chi connectivity index (χ1v) is 8.85. The molecule has 3 rings (SSSR count). The first-order chi connectivity index (χ1) is 11.0. The number of carbonyl (C=O) groups excluding carboxylic acids is 2. The molecule has 0 bridgehead atoms. The number of amides is 2. The summed E-state index contributed by atoms with van der Waals surface area (Å²) in [6.45, 7) is 1.78. The van der Waals surface area contributed by atoms with E-state index in [4.69, 9.17) is 0 Å². The fourth-order valence-electron chi connectivity index (χ4n) is 2.32. The summed E-state index contributed by atoms with van der Waals surface area (Å²) in [5.41, 5.74) is 1.52. The predicted octanol–water partition coefficient (Wildman–Crippen LogP) is 4.14. The summed E-state index contributed by atoms with van der Waals surface area (Å²) in [6, 6.07) is 15.0. The van der Waals surface area contributed by atoms with E-state index in [9.17, 15) is 9.59 Å². The van der Waals surface area contributed by atoms with Gasteiger partial charge in [-0.15, -0.1) is 11.8 Å². The topological polar surface area (TPSA) is 58.2 Å². The number of hydrogen-bond acceptors (Lipinski definition) is 3. The van der Waals surface area contributed by atoms with Crippen molar-refractivity contribution in [1.82, 2.24) is 0 Å². The number of rotatable bonds is 3. The van der Waals surface area contributed by atoms with Crippen molar-refractivity contribution in [2.45, 2.75) is 17.1 Å². The minimum absolute atomic E-state index is 0.132. The van der Waals surface area contributed by atoms with Gasteiger partial charge in [0, 0.05) is 15.1 Å². The van der Waals surface area contributed by atoms with Crippen molar-refractivity contribution in [3.05, 3.63) is 53.0 Å². The standard InChI is InChI=1S/C17H15BrN2O2S/c1-10(16(21)19-12-8-6-11(18)7-9-12)15-17(22)20-13-4-2-3-5-14(13)23-15/h2-10,15H,1H3,(H,19,21)(H,20,22)/t10-,15-/m0/s1. The van der Waals surface area contributed by atoms with Crippen molar-refractivity contribution in [1.29, 1.82) is 0 Å². The number of halogens is 1. The van der Waals surface area contributed by atoms with E-state index < -0.39 is 11.2 Å². The summed E-state index contributed by atoms with van der Waals surface area (Å²) in [5.74, 6) is -0.747. The molecule has 0 saturated heterocycles. The van der Waals surface area contributed by atoms with Crippen molar-refractivity contribution in [3.63, 3.8) is 0 Å². The fourth-order valence-corrected chi connectivity index (χ4v) is 3.76. The van der Waals surface area contributed by atoms with Crippen LogP contribution in [-0.2, 0) is 9.59 Å². The molecule has 0 aromatic heterocycles. The van der Waals surface area contributed by atoms with Crippen LogP contribution >= 0.6 is 27.7 Å². The largest absolute Gasteiger partial charge is 0.326 e. The lowest BCUT2D eigenvalue weighted by molar-refractivity contribution is -0.123. The van der Waals surface area contributed by atoms with Crippen molar-refractivity contribution in [2.24, 2.45) is 5.92 Å². The van der Waals surface area contributed by atoms with Gasteiger partial charge in [-0.1, -0.05) is 35.0 Å². The molecular formula is C17H15BrN2O2S. The summed E-state index contributed by atoms with van der Waals surface area (Å²) >= 11 is 4.79. The predicted molar refractivity (Wildman–Crippen MR) is 96.7 cm³/mol.